The second kappa shape index (κ2) is 5.01. The molecule has 0 radical (unpaired) electrons. The molecule has 0 fully saturated rings. The summed E-state index contributed by atoms with van der Waals surface area (Å²) in [5, 5.41) is 3.16. The highest BCUT2D eigenvalue weighted by atomic mass is 79.9. The van der Waals surface area contributed by atoms with Gasteiger partial charge in [-0.15, -0.1) is 0 Å². The van der Waals surface area contributed by atoms with Crippen molar-refractivity contribution in [2.75, 3.05) is 5.75 Å². The average molecular weight is 398 g/mol. The van der Waals surface area contributed by atoms with Crippen molar-refractivity contribution in [2.24, 2.45) is 0 Å². The van der Waals surface area contributed by atoms with Crippen molar-refractivity contribution in [3.63, 3.8) is 0 Å². The number of nitrogens with one attached hydrogen (secondary N) is 1. The standard InChI is InChI=1S/C16H13BrFNO3S/c17-9-7-8(1-2-10(9)18)14-15-11(3-4-13(15)20)19-12-5-6-23(21,22)16(12)14/h1-2,7,14,19H,3-6H2/t14-/m0/s1. The smallest absolute Gasteiger partial charge is 0.177 e. The fourth-order valence-electron chi connectivity index (χ4n) is 3.60. The van der Waals surface area contributed by atoms with Crippen molar-refractivity contribution >= 4 is 31.6 Å². The molecule has 0 saturated heterocycles. The Hall–Kier alpha value is -1.47. The zero-order valence-electron chi connectivity index (χ0n) is 12.0. The summed E-state index contributed by atoms with van der Waals surface area (Å²) in [4.78, 5) is 12.6. The molecule has 4 rings (SSSR count). The predicted octanol–water partition coefficient (Wildman–Crippen LogP) is 2.92. The van der Waals surface area contributed by atoms with Crippen LogP contribution < -0.4 is 5.32 Å². The molecule has 23 heavy (non-hydrogen) atoms. The lowest BCUT2D eigenvalue weighted by molar-refractivity contribution is -0.115. The van der Waals surface area contributed by atoms with E-state index >= 15 is 0 Å². The molecule has 0 spiro atoms. The molecule has 7 heteroatoms. The summed E-state index contributed by atoms with van der Waals surface area (Å²) in [5.74, 6) is -1.02. The maximum Gasteiger partial charge on any atom is 0.177 e. The van der Waals surface area contributed by atoms with Gasteiger partial charge in [0.25, 0.3) is 0 Å². The summed E-state index contributed by atoms with van der Waals surface area (Å²) in [5.41, 5.74) is 2.65. The van der Waals surface area contributed by atoms with Crippen LogP contribution in [-0.4, -0.2) is 20.0 Å². The van der Waals surface area contributed by atoms with Crippen LogP contribution in [0.3, 0.4) is 0 Å². The molecule has 3 aliphatic rings. The molecule has 1 atom stereocenters. The lowest BCUT2D eigenvalue weighted by Gasteiger charge is -2.27. The number of allylic oxidation sites excluding steroid dienone is 4. The number of sulfone groups is 1. The van der Waals surface area contributed by atoms with Gasteiger partial charge in [0.05, 0.1) is 21.0 Å². The van der Waals surface area contributed by atoms with Gasteiger partial charge in [0, 0.05) is 29.8 Å². The minimum absolute atomic E-state index is 0.0356. The molecule has 0 bridgehead atoms. The van der Waals surface area contributed by atoms with Gasteiger partial charge in [-0.3, -0.25) is 4.79 Å². The van der Waals surface area contributed by atoms with Crippen LogP contribution in [0, 0.1) is 5.82 Å². The highest BCUT2D eigenvalue weighted by Gasteiger charge is 2.45. The van der Waals surface area contributed by atoms with Crippen LogP contribution in [0.5, 0.6) is 0 Å². The van der Waals surface area contributed by atoms with Gasteiger partial charge in [0.1, 0.15) is 5.82 Å². The van der Waals surface area contributed by atoms with E-state index in [1.165, 1.54) is 6.07 Å². The highest BCUT2D eigenvalue weighted by molar-refractivity contribution is 9.10. The first kappa shape index (κ1) is 15.1. The van der Waals surface area contributed by atoms with Crippen LogP contribution in [0.25, 0.3) is 0 Å². The first-order chi connectivity index (χ1) is 10.9. The number of Topliss-reactive ketones (excluding diaryl/α,β-unsaturated/α-hetero) is 1. The minimum atomic E-state index is -3.41. The molecular formula is C16H13BrFNO3S. The summed E-state index contributed by atoms with van der Waals surface area (Å²) < 4.78 is 38.8. The molecule has 0 aromatic heterocycles. The molecule has 0 unspecified atom stereocenters. The number of carbonyl (C=O) groups excluding carboxylic acids is 1. The summed E-state index contributed by atoms with van der Waals surface area (Å²) in [6, 6.07) is 4.42. The van der Waals surface area contributed by atoms with Crippen molar-refractivity contribution in [3.05, 3.63) is 55.9 Å². The fraction of sp³-hybridized carbons (Fsp3) is 0.312. The quantitative estimate of drug-likeness (QED) is 0.790. The van der Waals surface area contributed by atoms with E-state index in [1.807, 2.05) is 0 Å². The second-order valence-electron chi connectivity index (χ2n) is 5.96. The molecule has 1 aromatic rings. The Kier molecular flexibility index (Phi) is 3.29. The molecule has 0 amide bonds. The van der Waals surface area contributed by atoms with Gasteiger partial charge in [-0.2, -0.15) is 0 Å². The minimum Gasteiger partial charge on any atom is -0.361 e. The van der Waals surface area contributed by atoms with Crippen LogP contribution in [0.15, 0.2) is 44.5 Å². The molecular weight excluding hydrogens is 385 g/mol. The van der Waals surface area contributed by atoms with Gasteiger partial charge in [-0.1, -0.05) is 6.07 Å². The summed E-state index contributed by atoms with van der Waals surface area (Å²) >= 11 is 3.14. The van der Waals surface area contributed by atoms with Crippen LogP contribution in [0.1, 0.15) is 30.7 Å². The molecule has 2 heterocycles. The Labute approximate surface area is 141 Å². The van der Waals surface area contributed by atoms with E-state index in [2.05, 4.69) is 21.2 Å². The third-order valence-corrected chi connectivity index (χ3v) is 7.11. The highest BCUT2D eigenvalue weighted by Crippen LogP contribution is 2.48. The second-order valence-corrected chi connectivity index (χ2v) is 8.89. The SMILES string of the molecule is O=C1CCC2=C1[C@H](c1ccc(F)c(Br)c1)C1=C(CCS1(=O)=O)N2. The van der Waals surface area contributed by atoms with E-state index in [0.717, 1.165) is 5.70 Å². The topological polar surface area (TPSA) is 63.2 Å². The van der Waals surface area contributed by atoms with Crippen molar-refractivity contribution in [1.82, 2.24) is 5.32 Å². The summed E-state index contributed by atoms with van der Waals surface area (Å²) in [7, 11) is -3.41. The molecule has 0 saturated carbocycles. The third kappa shape index (κ3) is 2.21. The van der Waals surface area contributed by atoms with E-state index in [1.54, 1.807) is 12.1 Å². The normalized spacial score (nSPS) is 25.5. The zero-order chi connectivity index (χ0) is 16.4. The van der Waals surface area contributed by atoms with Crippen molar-refractivity contribution < 1.29 is 17.6 Å². The van der Waals surface area contributed by atoms with Gasteiger partial charge in [-0.25, -0.2) is 12.8 Å². The monoisotopic (exact) mass is 397 g/mol. The molecule has 1 aromatic carbocycles. The van der Waals surface area contributed by atoms with Crippen LogP contribution in [-0.2, 0) is 14.6 Å². The Morgan fingerprint density at radius 3 is 2.70 bits per heavy atom. The van der Waals surface area contributed by atoms with Gasteiger partial charge in [0.15, 0.2) is 15.6 Å². The maximum absolute atomic E-state index is 13.6. The first-order valence-corrected chi connectivity index (χ1v) is 9.77. The van der Waals surface area contributed by atoms with E-state index in [0.29, 0.717) is 36.1 Å². The number of carbonyl (C=O) groups is 1. The summed E-state index contributed by atoms with van der Waals surface area (Å²) in [6.45, 7) is 0. The molecule has 1 aliphatic carbocycles. The van der Waals surface area contributed by atoms with E-state index in [4.69, 9.17) is 0 Å². The number of halogens is 2. The van der Waals surface area contributed by atoms with Crippen LogP contribution >= 0.6 is 15.9 Å². The lowest BCUT2D eigenvalue weighted by Crippen LogP contribution is -2.26. The predicted molar refractivity (Wildman–Crippen MR) is 86.7 cm³/mol. The average Bonchev–Trinajstić information content (AvgIpc) is 3.01. The number of hydrogen-bond acceptors (Lipinski definition) is 4. The Morgan fingerprint density at radius 2 is 1.96 bits per heavy atom. The number of hydrogen-bond donors (Lipinski definition) is 1. The lowest BCUT2D eigenvalue weighted by atomic mass is 9.86. The Morgan fingerprint density at radius 1 is 1.17 bits per heavy atom. The third-order valence-electron chi connectivity index (χ3n) is 4.61. The number of benzene rings is 1. The molecule has 4 nitrogen and oxygen atoms in total. The first-order valence-electron chi connectivity index (χ1n) is 7.32. The summed E-state index contributed by atoms with van der Waals surface area (Å²) in [6.07, 6.45) is 1.42. The zero-order valence-corrected chi connectivity index (χ0v) is 14.4. The largest absolute Gasteiger partial charge is 0.361 e. The van der Waals surface area contributed by atoms with Crippen LogP contribution in [0.2, 0.25) is 0 Å². The van der Waals surface area contributed by atoms with E-state index in [9.17, 15) is 17.6 Å². The van der Waals surface area contributed by atoms with Gasteiger partial charge in [0.2, 0.25) is 0 Å². The van der Waals surface area contributed by atoms with Crippen molar-refractivity contribution in [3.8, 4) is 0 Å². The fourth-order valence-corrected chi connectivity index (χ4v) is 5.83. The van der Waals surface area contributed by atoms with Crippen LogP contribution in [0.4, 0.5) is 4.39 Å². The maximum atomic E-state index is 13.6. The van der Waals surface area contributed by atoms with Gasteiger partial charge >= 0.3 is 0 Å². The molecule has 2 aliphatic heterocycles. The molecule has 120 valence electrons. The van der Waals surface area contributed by atoms with Crippen molar-refractivity contribution in [1.29, 1.82) is 0 Å². The number of dihydropyridines is 1. The Bertz CT molecular complexity index is 917. The number of rotatable bonds is 1. The van der Waals surface area contributed by atoms with E-state index < -0.39 is 21.6 Å². The van der Waals surface area contributed by atoms with Crippen molar-refractivity contribution in [2.45, 2.75) is 25.2 Å². The van der Waals surface area contributed by atoms with Gasteiger partial charge in [-0.05, 0) is 40.0 Å². The number of ketones is 1. The van der Waals surface area contributed by atoms with Gasteiger partial charge < -0.3 is 5.32 Å². The van der Waals surface area contributed by atoms with E-state index in [-0.39, 0.29) is 20.9 Å². The molecule has 1 N–H and O–H groups in total. The Balaban J connectivity index is 1.95.